The molecular formula is C17H19BrN6S. The molecule has 0 amide bonds. The van der Waals surface area contributed by atoms with Gasteiger partial charge in [0.1, 0.15) is 0 Å². The summed E-state index contributed by atoms with van der Waals surface area (Å²) in [5.74, 6) is 0. The van der Waals surface area contributed by atoms with Crippen molar-refractivity contribution in [1.82, 2.24) is 24.9 Å². The predicted molar refractivity (Wildman–Crippen MR) is 106 cm³/mol. The lowest BCUT2D eigenvalue weighted by Gasteiger charge is -2.10. The average molecular weight is 419 g/mol. The first-order chi connectivity index (χ1) is 12.2. The monoisotopic (exact) mass is 418 g/mol. The third-order valence-electron chi connectivity index (χ3n) is 3.69. The van der Waals surface area contributed by atoms with Gasteiger partial charge < -0.3 is 10.6 Å². The van der Waals surface area contributed by atoms with Crippen LogP contribution in [0, 0.1) is 0 Å². The van der Waals surface area contributed by atoms with Gasteiger partial charge in [-0.1, -0.05) is 30.3 Å². The van der Waals surface area contributed by atoms with Crippen molar-refractivity contribution in [2.45, 2.75) is 26.6 Å². The Morgan fingerprint density at radius 3 is 2.76 bits per heavy atom. The number of thiocarbonyl (C=S) groups is 1. The van der Waals surface area contributed by atoms with E-state index in [0.29, 0.717) is 11.7 Å². The van der Waals surface area contributed by atoms with Crippen molar-refractivity contribution >= 4 is 38.9 Å². The Balaban J connectivity index is 1.54. The molecule has 0 spiro atoms. The van der Waals surface area contributed by atoms with Gasteiger partial charge in [-0.2, -0.15) is 10.2 Å². The molecule has 0 fully saturated rings. The molecule has 6 nitrogen and oxygen atoms in total. The van der Waals surface area contributed by atoms with Crippen LogP contribution in [0.15, 0.2) is 53.4 Å². The summed E-state index contributed by atoms with van der Waals surface area (Å²) >= 11 is 8.88. The van der Waals surface area contributed by atoms with Crippen molar-refractivity contribution in [3.63, 3.8) is 0 Å². The van der Waals surface area contributed by atoms with E-state index in [1.165, 1.54) is 5.56 Å². The number of anilines is 1. The molecule has 0 saturated carbocycles. The first kappa shape index (κ1) is 17.6. The highest BCUT2D eigenvalue weighted by atomic mass is 79.9. The van der Waals surface area contributed by atoms with Gasteiger partial charge in [0.15, 0.2) is 5.11 Å². The van der Waals surface area contributed by atoms with Crippen LogP contribution in [0.4, 0.5) is 5.69 Å². The predicted octanol–water partition coefficient (Wildman–Crippen LogP) is 3.40. The number of aryl methyl sites for hydroxylation is 1. The van der Waals surface area contributed by atoms with Crippen LogP contribution in [0.1, 0.15) is 18.2 Å². The molecule has 0 radical (unpaired) electrons. The lowest BCUT2D eigenvalue weighted by atomic mass is 10.2. The summed E-state index contributed by atoms with van der Waals surface area (Å²) in [6, 6.07) is 10.2. The molecule has 0 bridgehead atoms. The summed E-state index contributed by atoms with van der Waals surface area (Å²) < 4.78 is 4.78. The minimum atomic E-state index is 0.551. The number of rotatable bonds is 6. The van der Waals surface area contributed by atoms with Crippen molar-refractivity contribution in [3.05, 3.63) is 64.7 Å². The summed E-state index contributed by atoms with van der Waals surface area (Å²) in [5.41, 5.74) is 3.12. The maximum Gasteiger partial charge on any atom is 0.171 e. The van der Waals surface area contributed by atoms with Crippen molar-refractivity contribution in [2.75, 3.05) is 5.32 Å². The maximum absolute atomic E-state index is 5.37. The zero-order valence-electron chi connectivity index (χ0n) is 13.8. The minimum Gasteiger partial charge on any atom is -0.357 e. The number of hydrogen-bond acceptors (Lipinski definition) is 3. The minimum absolute atomic E-state index is 0.551. The molecule has 0 saturated heterocycles. The fraction of sp³-hybridized carbons (Fsp3) is 0.235. The van der Waals surface area contributed by atoms with Gasteiger partial charge in [-0.3, -0.25) is 9.36 Å². The van der Waals surface area contributed by atoms with E-state index in [-0.39, 0.29) is 0 Å². The molecule has 2 N–H and O–H groups in total. The lowest BCUT2D eigenvalue weighted by Crippen LogP contribution is -2.29. The van der Waals surface area contributed by atoms with Crippen LogP contribution in [0.5, 0.6) is 0 Å². The molecule has 3 aromatic rings. The number of nitrogens with zero attached hydrogens (tertiary/aromatic N) is 4. The van der Waals surface area contributed by atoms with Gasteiger partial charge in [-0.05, 0) is 40.6 Å². The number of nitrogens with one attached hydrogen (secondary N) is 2. The van der Waals surface area contributed by atoms with E-state index in [1.54, 1.807) is 12.4 Å². The number of halogens is 1. The van der Waals surface area contributed by atoms with E-state index in [9.17, 15) is 0 Å². The summed E-state index contributed by atoms with van der Waals surface area (Å²) in [7, 11) is 0. The Labute approximate surface area is 160 Å². The fourth-order valence-electron chi connectivity index (χ4n) is 2.46. The molecule has 25 heavy (non-hydrogen) atoms. The van der Waals surface area contributed by atoms with Crippen LogP contribution in [0.3, 0.4) is 0 Å². The highest BCUT2D eigenvalue weighted by Crippen LogP contribution is 2.15. The van der Waals surface area contributed by atoms with E-state index in [1.807, 2.05) is 33.8 Å². The average Bonchev–Trinajstić information content (AvgIpc) is 3.20. The summed E-state index contributed by atoms with van der Waals surface area (Å²) in [5, 5.41) is 15.6. The van der Waals surface area contributed by atoms with Crippen LogP contribution in [0.2, 0.25) is 0 Å². The Kier molecular flexibility index (Phi) is 5.83. The summed E-state index contributed by atoms with van der Waals surface area (Å²) in [6.45, 7) is 4.19. The van der Waals surface area contributed by atoms with Crippen LogP contribution in [0.25, 0.3) is 0 Å². The molecular weight excluding hydrogens is 400 g/mol. The quantitative estimate of drug-likeness (QED) is 0.600. The van der Waals surface area contributed by atoms with E-state index in [4.69, 9.17) is 12.2 Å². The van der Waals surface area contributed by atoms with Crippen LogP contribution in [-0.4, -0.2) is 24.7 Å². The zero-order valence-corrected chi connectivity index (χ0v) is 16.2. The standard InChI is InChI=1S/C17H19BrN6S/c1-2-24-16(15(18)9-21-24)10-19-17(25)22-14-8-20-23(12-14)11-13-6-4-3-5-7-13/h3-9,12H,2,10-11H2,1H3,(H2,19,22,25). The molecule has 0 aliphatic heterocycles. The fourth-order valence-corrected chi connectivity index (χ4v) is 3.09. The lowest BCUT2D eigenvalue weighted by molar-refractivity contribution is 0.613. The summed E-state index contributed by atoms with van der Waals surface area (Å²) in [4.78, 5) is 0. The van der Waals surface area contributed by atoms with E-state index in [2.05, 4.69) is 55.8 Å². The topological polar surface area (TPSA) is 59.7 Å². The van der Waals surface area contributed by atoms with Crippen LogP contribution >= 0.6 is 28.1 Å². The molecule has 3 rings (SSSR count). The van der Waals surface area contributed by atoms with Gasteiger partial charge in [-0.15, -0.1) is 0 Å². The molecule has 0 aliphatic rings. The molecule has 0 unspecified atom stereocenters. The normalized spacial score (nSPS) is 10.6. The molecule has 2 aromatic heterocycles. The maximum atomic E-state index is 5.37. The van der Waals surface area contributed by atoms with E-state index < -0.39 is 0 Å². The Bertz CT molecular complexity index is 842. The van der Waals surface area contributed by atoms with Gasteiger partial charge in [0.25, 0.3) is 0 Å². The molecule has 0 aliphatic carbocycles. The molecule has 1 aromatic carbocycles. The molecule has 130 valence electrons. The zero-order chi connectivity index (χ0) is 17.6. The van der Waals surface area contributed by atoms with Gasteiger partial charge in [0.2, 0.25) is 0 Å². The third kappa shape index (κ3) is 4.67. The highest BCUT2D eigenvalue weighted by molar-refractivity contribution is 9.10. The smallest absolute Gasteiger partial charge is 0.171 e. The largest absolute Gasteiger partial charge is 0.357 e. The van der Waals surface area contributed by atoms with Gasteiger partial charge >= 0.3 is 0 Å². The van der Waals surface area contributed by atoms with Crippen LogP contribution < -0.4 is 10.6 Å². The SMILES string of the molecule is CCn1ncc(Br)c1CNC(=S)Nc1cnn(Cc2ccccc2)c1. The number of benzene rings is 1. The molecule has 2 heterocycles. The van der Waals surface area contributed by atoms with Crippen molar-refractivity contribution in [3.8, 4) is 0 Å². The Morgan fingerprint density at radius 2 is 2.00 bits per heavy atom. The number of hydrogen-bond donors (Lipinski definition) is 2. The van der Waals surface area contributed by atoms with Crippen molar-refractivity contribution in [1.29, 1.82) is 0 Å². The number of aromatic nitrogens is 4. The third-order valence-corrected chi connectivity index (χ3v) is 4.60. The molecule has 0 atom stereocenters. The van der Waals surface area contributed by atoms with Crippen LogP contribution in [-0.2, 0) is 19.6 Å². The van der Waals surface area contributed by atoms with Gasteiger partial charge in [0.05, 0.1) is 41.3 Å². The van der Waals surface area contributed by atoms with E-state index >= 15 is 0 Å². The van der Waals surface area contributed by atoms with Crippen molar-refractivity contribution < 1.29 is 0 Å². The second-order valence-electron chi connectivity index (χ2n) is 5.47. The first-order valence-corrected chi connectivity index (χ1v) is 9.17. The second kappa shape index (κ2) is 8.26. The van der Waals surface area contributed by atoms with Crippen molar-refractivity contribution in [2.24, 2.45) is 0 Å². The highest BCUT2D eigenvalue weighted by Gasteiger charge is 2.08. The first-order valence-electron chi connectivity index (χ1n) is 7.97. The second-order valence-corrected chi connectivity index (χ2v) is 6.74. The Hall–Kier alpha value is -2.19. The molecule has 8 heteroatoms. The van der Waals surface area contributed by atoms with Gasteiger partial charge in [-0.25, -0.2) is 0 Å². The Morgan fingerprint density at radius 1 is 1.20 bits per heavy atom. The summed E-state index contributed by atoms with van der Waals surface area (Å²) in [6.07, 6.45) is 5.50. The van der Waals surface area contributed by atoms with Gasteiger partial charge in [0, 0.05) is 12.7 Å². The van der Waals surface area contributed by atoms with E-state index in [0.717, 1.165) is 28.9 Å².